The molecule has 3 aromatic carbocycles. The maximum absolute atomic E-state index is 12.2. The third-order valence-electron chi connectivity index (χ3n) is 4.64. The highest BCUT2D eigenvalue weighted by atomic mass is 35.5. The van der Waals surface area contributed by atoms with Crippen LogP contribution in [0.3, 0.4) is 0 Å². The summed E-state index contributed by atoms with van der Waals surface area (Å²) in [4.78, 5) is 12.2. The number of nitrogens with zero attached hydrogens (tertiary/aromatic N) is 4. The monoisotopic (exact) mass is 459 g/mol. The molecule has 0 spiro atoms. The van der Waals surface area contributed by atoms with Gasteiger partial charge in [-0.1, -0.05) is 66.2 Å². The van der Waals surface area contributed by atoms with Crippen LogP contribution in [0, 0.1) is 11.3 Å². The summed E-state index contributed by atoms with van der Waals surface area (Å²) in [6.45, 7) is 0.148. The van der Waals surface area contributed by atoms with Crippen LogP contribution < -0.4 is 10.6 Å². The summed E-state index contributed by atoms with van der Waals surface area (Å²) in [5.74, 6) is 0.465. The fraction of sp³-hybridized carbons (Fsp3) is 0.0870. The first kappa shape index (κ1) is 21.8. The number of benzene rings is 3. The Balaban J connectivity index is 1.42. The van der Waals surface area contributed by atoms with Crippen LogP contribution in [0.4, 0.5) is 16.2 Å². The molecule has 9 nitrogen and oxygen atoms in total. The van der Waals surface area contributed by atoms with Crippen LogP contribution in [-0.4, -0.2) is 26.7 Å². The number of hydrogen-bond acceptors (Lipinski definition) is 7. The van der Waals surface area contributed by atoms with E-state index in [4.69, 9.17) is 16.3 Å². The molecule has 0 saturated carbocycles. The van der Waals surface area contributed by atoms with E-state index in [0.717, 1.165) is 16.7 Å². The summed E-state index contributed by atoms with van der Waals surface area (Å²) in [6.07, 6.45) is -0.610. The fourth-order valence-corrected chi connectivity index (χ4v) is 3.32. The Kier molecular flexibility index (Phi) is 6.78. The van der Waals surface area contributed by atoms with Crippen molar-refractivity contribution in [1.82, 2.24) is 20.6 Å². The first-order chi connectivity index (χ1) is 16.1. The molecule has 1 atom stereocenters. The summed E-state index contributed by atoms with van der Waals surface area (Å²) in [5.41, 5.74) is 3.39. The molecule has 1 amide bonds. The number of nitrogens with one attached hydrogen (secondary N) is 3. The number of aromatic amines is 1. The van der Waals surface area contributed by atoms with Gasteiger partial charge in [0.05, 0.1) is 6.07 Å². The molecule has 0 saturated heterocycles. The third kappa shape index (κ3) is 5.84. The lowest BCUT2D eigenvalue weighted by atomic mass is 10.0. The summed E-state index contributed by atoms with van der Waals surface area (Å²) in [6, 6.07) is 23.1. The van der Waals surface area contributed by atoms with Crippen LogP contribution in [0.2, 0.25) is 5.02 Å². The molecule has 0 radical (unpaired) electrons. The molecule has 0 unspecified atom stereocenters. The maximum atomic E-state index is 12.2. The van der Waals surface area contributed by atoms with Gasteiger partial charge in [-0.05, 0) is 34.5 Å². The molecule has 1 heterocycles. The first-order valence-corrected chi connectivity index (χ1v) is 10.3. The van der Waals surface area contributed by atoms with Gasteiger partial charge in [-0.15, -0.1) is 10.2 Å². The zero-order valence-corrected chi connectivity index (χ0v) is 18.0. The summed E-state index contributed by atoms with van der Waals surface area (Å²) < 4.78 is 5.24. The third-order valence-corrected chi connectivity index (χ3v) is 4.86. The zero-order valence-electron chi connectivity index (χ0n) is 17.2. The standard InChI is InChI=1S/C23H18ClN7O2/c24-18-10-19(12-20(11-18)27-23(32)33-14-15-4-2-1-3-5-15)26-21(13-25)16-6-8-17(9-7-16)22-28-30-31-29-22/h1-12,21,26H,14H2,(H,27,32)(H,28,29,30,31)/t21-/m0/s1. The Hall–Kier alpha value is -4.42. The molecule has 1 aromatic heterocycles. The molecule has 164 valence electrons. The second-order valence-corrected chi connectivity index (χ2v) is 7.42. The number of hydrogen-bond donors (Lipinski definition) is 3. The predicted octanol–water partition coefficient (Wildman–Crippen LogP) is 4.95. The molecular formula is C23H18ClN7O2. The van der Waals surface area contributed by atoms with Gasteiger partial charge in [0.1, 0.15) is 12.6 Å². The normalized spacial score (nSPS) is 11.3. The van der Waals surface area contributed by atoms with Gasteiger partial charge in [0.2, 0.25) is 5.82 Å². The summed E-state index contributed by atoms with van der Waals surface area (Å²) >= 11 is 6.22. The van der Waals surface area contributed by atoms with Gasteiger partial charge in [-0.2, -0.15) is 10.5 Å². The SMILES string of the molecule is N#C[C@H](Nc1cc(Cl)cc(NC(=O)OCc2ccccc2)c1)c1ccc(-c2nn[nH]n2)cc1. The van der Waals surface area contributed by atoms with E-state index in [2.05, 4.69) is 37.3 Å². The van der Waals surface area contributed by atoms with E-state index in [-0.39, 0.29) is 6.61 Å². The van der Waals surface area contributed by atoms with Gasteiger partial charge in [0.15, 0.2) is 0 Å². The average molecular weight is 460 g/mol. The van der Waals surface area contributed by atoms with Gasteiger partial charge >= 0.3 is 6.09 Å². The number of H-pyrrole nitrogens is 1. The number of halogens is 1. The first-order valence-electron chi connectivity index (χ1n) is 9.89. The molecule has 4 aromatic rings. The van der Waals surface area contributed by atoms with Crippen LogP contribution in [-0.2, 0) is 11.3 Å². The minimum absolute atomic E-state index is 0.148. The van der Waals surface area contributed by atoms with E-state index < -0.39 is 12.1 Å². The van der Waals surface area contributed by atoms with Crippen LogP contribution in [0.1, 0.15) is 17.2 Å². The zero-order chi connectivity index (χ0) is 23.0. The topological polar surface area (TPSA) is 129 Å². The quantitative estimate of drug-likeness (QED) is 0.356. The number of anilines is 2. The van der Waals surface area contributed by atoms with E-state index >= 15 is 0 Å². The number of aromatic nitrogens is 4. The molecule has 0 fully saturated rings. The Morgan fingerprint density at radius 1 is 1.09 bits per heavy atom. The molecule has 0 aliphatic carbocycles. The predicted molar refractivity (Wildman–Crippen MR) is 123 cm³/mol. The van der Waals surface area contributed by atoms with Crippen molar-refractivity contribution in [3.63, 3.8) is 0 Å². The van der Waals surface area contributed by atoms with E-state index in [1.54, 1.807) is 42.5 Å². The number of ether oxygens (including phenoxy) is 1. The molecule has 33 heavy (non-hydrogen) atoms. The lowest BCUT2D eigenvalue weighted by Crippen LogP contribution is -2.14. The van der Waals surface area contributed by atoms with Gasteiger partial charge in [-0.25, -0.2) is 4.79 Å². The lowest BCUT2D eigenvalue weighted by molar-refractivity contribution is 0.155. The van der Waals surface area contributed by atoms with Crippen molar-refractivity contribution in [3.8, 4) is 17.5 Å². The van der Waals surface area contributed by atoms with Crippen molar-refractivity contribution < 1.29 is 9.53 Å². The Morgan fingerprint density at radius 2 is 1.85 bits per heavy atom. The Labute approximate surface area is 194 Å². The number of carbonyl (C=O) groups excluding carboxylic acids is 1. The molecule has 4 rings (SSSR count). The van der Waals surface area contributed by atoms with Crippen molar-refractivity contribution in [1.29, 1.82) is 5.26 Å². The van der Waals surface area contributed by atoms with Crippen molar-refractivity contribution >= 4 is 29.1 Å². The van der Waals surface area contributed by atoms with E-state index in [1.807, 2.05) is 30.3 Å². The van der Waals surface area contributed by atoms with Crippen molar-refractivity contribution in [3.05, 3.63) is 88.9 Å². The Morgan fingerprint density at radius 3 is 2.55 bits per heavy atom. The van der Waals surface area contributed by atoms with Crippen molar-refractivity contribution in [2.75, 3.05) is 10.6 Å². The molecule has 3 N–H and O–H groups in total. The molecule has 10 heteroatoms. The fourth-order valence-electron chi connectivity index (χ4n) is 3.09. The van der Waals surface area contributed by atoms with Crippen LogP contribution in [0.5, 0.6) is 0 Å². The van der Waals surface area contributed by atoms with Gasteiger partial charge in [-0.3, -0.25) is 5.32 Å². The number of nitriles is 1. The summed E-state index contributed by atoms with van der Waals surface area (Å²) in [5, 5.41) is 29.7. The van der Waals surface area contributed by atoms with Crippen molar-refractivity contribution in [2.24, 2.45) is 0 Å². The van der Waals surface area contributed by atoms with Gasteiger partial charge < -0.3 is 10.1 Å². The van der Waals surface area contributed by atoms with E-state index in [0.29, 0.717) is 22.2 Å². The highest BCUT2D eigenvalue weighted by molar-refractivity contribution is 6.31. The highest BCUT2D eigenvalue weighted by Crippen LogP contribution is 2.27. The lowest BCUT2D eigenvalue weighted by Gasteiger charge is -2.15. The van der Waals surface area contributed by atoms with E-state index in [1.165, 1.54) is 0 Å². The van der Waals surface area contributed by atoms with Crippen LogP contribution in [0.25, 0.3) is 11.4 Å². The minimum atomic E-state index is -0.652. The minimum Gasteiger partial charge on any atom is -0.444 e. The smallest absolute Gasteiger partial charge is 0.411 e. The van der Waals surface area contributed by atoms with Crippen LogP contribution in [0.15, 0.2) is 72.8 Å². The molecule has 0 aliphatic heterocycles. The number of amides is 1. The number of tetrazole rings is 1. The Bertz CT molecular complexity index is 1260. The highest BCUT2D eigenvalue weighted by Gasteiger charge is 2.13. The number of rotatable bonds is 7. The summed E-state index contributed by atoms with van der Waals surface area (Å²) in [7, 11) is 0. The second-order valence-electron chi connectivity index (χ2n) is 6.98. The van der Waals surface area contributed by atoms with Crippen LogP contribution >= 0.6 is 11.6 Å². The maximum Gasteiger partial charge on any atom is 0.411 e. The largest absolute Gasteiger partial charge is 0.444 e. The molecular weight excluding hydrogens is 442 g/mol. The molecule has 0 bridgehead atoms. The van der Waals surface area contributed by atoms with Gasteiger partial charge in [0.25, 0.3) is 0 Å². The average Bonchev–Trinajstić information content (AvgIpc) is 3.37. The van der Waals surface area contributed by atoms with Crippen molar-refractivity contribution in [2.45, 2.75) is 12.6 Å². The van der Waals surface area contributed by atoms with Gasteiger partial charge in [0, 0.05) is 22.0 Å². The van der Waals surface area contributed by atoms with E-state index in [9.17, 15) is 10.1 Å². The second kappa shape index (κ2) is 10.3. The molecule has 0 aliphatic rings. The number of carbonyl (C=O) groups is 1.